The van der Waals surface area contributed by atoms with Crippen LogP contribution in [0.4, 0.5) is 5.69 Å². The maximum absolute atomic E-state index is 12.2. The van der Waals surface area contributed by atoms with Gasteiger partial charge in [0.2, 0.25) is 17.7 Å². The van der Waals surface area contributed by atoms with Crippen LogP contribution in [0.25, 0.3) is 6.08 Å². The summed E-state index contributed by atoms with van der Waals surface area (Å²) >= 11 is 0. The van der Waals surface area contributed by atoms with Gasteiger partial charge in [-0.1, -0.05) is 25.1 Å². The SMILES string of the molecule is CCc1ccccc1NC(=O)CN(C)C(=O)CCNC(=O)/C=C/c1ccco1. The highest BCUT2D eigenvalue weighted by molar-refractivity contribution is 5.95. The number of hydrogen-bond acceptors (Lipinski definition) is 4. The zero-order chi connectivity index (χ0) is 20.4. The van der Waals surface area contributed by atoms with E-state index < -0.39 is 0 Å². The first kappa shape index (κ1) is 21.0. The fourth-order valence-corrected chi connectivity index (χ4v) is 2.53. The van der Waals surface area contributed by atoms with Crippen LogP contribution in [0.15, 0.2) is 53.2 Å². The van der Waals surface area contributed by atoms with Crippen molar-refractivity contribution in [2.24, 2.45) is 0 Å². The second-order valence-corrected chi connectivity index (χ2v) is 6.20. The predicted molar refractivity (Wildman–Crippen MR) is 107 cm³/mol. The normalized spacial score (nSPS) is 10.6. The van der Waals surface area contributed by atoms with Gasteiger partial charge in [0.25, 0.3) is 0 Å². The lowest BCUT2D eigenvalue weighted by Gasteiger charge is -2.17. The summed E-state index contributed by atoms with van der Waals surface area (Å²) in [5.41, 5.74) is 1.79. The number of benzene rings is 1. The Morgan fingerprint density at radius 1 is 1.14 bits per heavy atom. The average molecular weight is 383 g/mol. The van der Waals surface area contributed by atoms with Crippen molar-refractivity contribution in [3.8, 4) is 0 Å². The number of carbonyl (C=O) groups excluding carboxylic acids is 3. The van der Waals surface area contributed by atoms with Gasteiger partial charge in [0.15, 0.2) is 0 Å². The van der Waals surface area contributed by atoms with Gasteiger partial charge in [-0.05, 0) is 36.3 Å². The van der Waals surface area contributed by atoms with Gasteiger partial charge in [-0.25, -0.2) is 0 Å². The Hall–Kier alpha value is -3.35. The van der Waals surface area contributed by atoms with Crippen LogP contribution in [0, 0.1) is 0 Å². The Morgan fingerprint density at radius 2 is 1.93 bits per heavy atom. The molecule has 0 aliphatic heterocycles. The highest BCUT2D eigenvalue weighted by atomic mass is 16.3. The van der Waals surface area contributed by atoms with Crippen molar-refractivity contribution in [2.45, 2.75) is 19.8 Å². The Balaban J connectivity index is 1.71. The van der Waals surface area contributed by atoms with Crippen molar-refractivity contribution >= 4 is 29.5 Å². The molecule has 0 saturated heterocycles. The van der Waals surface area contributed by atoms with E-state index in [0.717, 1.165) is 17.7 Å². The Morgan fingerprint density at radius 3 is 2.64 bits per heavy atom. The molecule has 0 atom stereocenters. The van der Waals surface area contributed by atoms with E-state index in [0.29, 0.717) is 5.76 Å². The van der Waals surface area contributed by atoms with Gasteiger partial charge in [0, 0.05) is 31.8 Å². The largest absolute Gasteiger partial charge is 0.465 e. The fraction of sp³-hybridized carbons (Fsp3) is 0.286. The Labute approximate surface area is 164 Å². The van der Waals surface area contributed by atoms with Crippen LogP contribution >= 0.6 is 0 Å². The van der Waals surface area contributed by atoms with Gasteiger partial charge < -0.3 is 20.0 Å². The van der Waals surface area contributed by atoms with Crippen LogP contribution in [0.5, 0.6) is 0 Å². The monoisotopic (exact) mass is 383 g/mol. The minimum absolute atomic E-state index is 0.0524. The van der Waals surface area contributed by atoms with E-state index in [2.05, 4.69) is 10.6 Å². The van der Waals surface area contributed by atoms with E-state index in [1.54, 1.807) is 25.3 Å². The molecule has 148 valence electrons. The molecule has 1 aromatic carbocycles. The summed E-state index contributed by atoms with van der Waals surface area (Å²) in [7, 11) is 1.56. The molecule has 0 spiro atoms. The average Bonchev–Trinajstić information content (AvgIpc) is 3.20. The van der Waals surface area contributed by atoms with Crippen LogP contribution in [0.1, 0.15) is 24.7 Å². The van der Waals surface area contributed by atoms with E-state index in [1.807, 2.05) is 31.2 Å². The quantitative estimate of drug-likeness (QED) is 0.651. The summed E-state index contributed by atoms with van der Waals surface area (Å²) in [5, 5.41) is 5.45. The maximum atomic E-state index is 12.2. The Bertz CT molecular complexity index is 828. The molecular weight excluding hydrogens is 358 g/mol. The number of rotatable bonds is 9. The summed E-state index contributed by atoms with van der Waals surface area (Å²) in [6, 6.07) is 11.0. The van der Waals surface area contributed by atoms with Crippen molar-refractivity contribution in [3.63, 3.8) is 0 Å². The number of amides is 3. The molecule has 0 aliphatic carbocycles. The number of para-hydroxylation sites is 1. The lowest BCUT2D eigenvalue weighted by molar-refractivity contribution is -0.133. The Kier molecular flexibility index (Phi) is 8.02. The number of aryl methyl sites for hydroxylation is 1. The van der Waals surface area contributed by atoms with Crippen LogP contribution in [0.3, 0.4) is 0 Å². The van der Waals surface area contributed by atoms with Crippen LogP contribution in [-0.2, 0) is 20.8 Å². The topological polar surface area (TPSA) is 91.7 Å². The van der Waals surface area contributed by atoms with Crippen molar-refractivity contribution in [1.82, 2.24) is 10.2 Å². The third kappa shape index (κ3) is 6.75. The molecule has 3 amide bonds. The molecule has 0 fully saturated rings. The lowest BCUT2D eigenvalue weighted by atomic mass is 10.1. The number of anilines is 1. The van der Waals surface area contributed by atoms with Crippen LogP contribution in [-0.4, -0.2) is 42.8 Å². The third-order valence-corrected chi connectivity index (χ3v) is 4.06. The van der Waals surface area contributed by atoms with Crippen molar-refractivity contribution in [2.75, 3.05) is 25.5 Å². The molecular formula is C21H25N3O4. The summed E-state index contributed by atoms with van der Waals surface area (Å²) in [5.74, 6) is -0.237. The molecule has 7 heteroatoms. The molecule has 1 aromatic heterocycles. The maximum Gasteiger partial charge on any atom is 0.244 e. The minimum atomic E-state index is -0.319. The summed E-state index contributed by atoms with van der Waals surface area (Å²) in [6.07, 6.45) is 5.31. The second-order valence-electron chi connectivity index (χ2n) is 6.20. The molecule has 2 rings (SSSR count). The van der Waals surface area contributed by atoms with Crippen molar-refractivity contribution < 1.29 is 18.8 Å². The number of furan rings is 1. The van der Waals surface area contributed by atoms with Crippen LogP contribution in [0.2, 0.25) is 0 Å². The molecule has 0 radical (unpaired) electrons. The highest BCUT2D eigenvalue weighted by Crippen LogP contribution is 2.15. The van der Waals surface area contributed by atoms with Crippen LogP contribution < -0.4 is 10.6 Å². The smallest absolute Gasteiger partial charge is 0.244 e. The van der Waals surface area contributed by atoms with Gasteiger partial charge in [-0.15, -0.1) is 0 Å². The van der Waals surface area contributed by atoms with E-state index in [4.69, 9.17) is 4.42 Å². The number of nitrogens with zero attached hydrogens (tertiary/aromatic N) is 1. The number of likely N-dealkylation sites (N-methyl/N-ethyl adjacent to an activating group) is 1. The van der Waals surface area contributed by atoms with E-state index in [9.17, 15) is 14.4 Å². The number of hydrogen-bond donors (Lipinski definition) is 2. The fourth-order valence-electron chi connectivity index (χ4n) is 2.53. The first-order valence-electron chi connectivity index (χ1n) is 9.10. The molecule has 0 aliphatic rings. The van der Waals surface area contributed by atoms with E-state index in [-0.39, 0.29) is 37.2 Å². The zero-order valence-corrected chi connectivity index (χ0v) is 16.1. The molecule has 0 saturated carbocycles. The summed E-state index contributed by atoms with van der Waals surface area (Å²) in [4.78, 5) is 37.4. The predicted octanol–water partition coefficient (Wildman–Crippen LogP) is 2.46. The molecule has 2 N–H and O–H groups in total. The molecule has 28 heavy (non-hydrogen) atoms. The number of nitrogens with one attached hydrogen (secondary N) is 2. The first-order chi connectivity index (χ1) is 13.5. The third-order valence-electron chi connectivity index (χ3n) is 4.06. The molecule has 7 nitrogen and oxygen atoms in total. The van der Waals surface area contributed by atoms with E-state index >= 15 is 0 Å². The van der Waals surface area contributed by atoms with Gasteiger partial charge in [0.1, 0.15) is 5.76 Å². The molecule has 2 aromatic rings. The highest BCUT2D eigenvalue weighted by Gasteiger charge is 2.14. The van der Waals surface area contributed by atoms with Crippen molar-refractivity contribution in [1.29, 1.82) is 0 Å². The minimum Gasteiger partial charge on any atom is -0.465 e. The zero-order valence-electron chi connectivity index (χ0n) is 16.1. The summed E-state index contributed by atoms with van der Waals surface area (Å²) < 4.78 is 5.09. The first-order valence-corrected chi connectivity index (χ1v) is 9.10. The second kappa shape index (κ2) is 10.7. The lowest BCUT2D eigenvalue weighted by Crippen LogP contribution is -2.37. The molecule has 1 heterocycles. The van der Waals surface area contributed by atoms with Gasteiger partial charge in [0.05, 0.1) is 12.8 Å². The van der Waals surface area contributed by atoms with Gasteiger partial charge in [-0.2, -0.15) is 0 Å². The molecule has 0 bridgehead atoms. The summed E-state index contributed by atoms with van der Waals surface area (Å²) in [6.45, 7) is 2.15. The molecule has 0 unspecified atom stereocenters. The number of carbonyl (C=O) groups is 3. The van der Waals surface area contributed by atoms with E-state index in [1.165, 1.54) is 17.2 Å². The standard InChI is InChI=1S/C21H25N3O4/c1-3-16-7-4-5-9-18(16)23-20(26)15-24(2)21(27)12-13-22-19(25)11-10-17-8-6-14-28-17/h4-11,14H,3,12-13,15H2,1-2H3,(H,22,25)(H,23,26)/b11-10+. The van der Waals surface area contributed by atoms with Gasteiger partial charge in [-0.3, -0.25) is 14.4 Å². The van der Waals surface area contributed by atoms with Gasteiger partial charge >= 0.3 is 0 Å². The van der Waals surface area contributed by atoms with Crippen molar-refractivity contribution in [3.05, 3.63) is 60.1 Å².